The molecular formula is C29H24Cl2FN5O. The third-order valence-corrected chi connectivity index (χ3v) is 7.36. The summed E-state index contributed by atoms with van der Waals surface area (Å²) in [6.45, 7) is 3.31. The van der Waals surface area contributed by atoms with Crippen LogP contribution in [0, 0.1) is 12.7 Å². The molecule has 0 radical (unpaired) electrons. The number of anilines is 2. The zero-order chi connectivity index (χ0) is 26.2. The lowest BCUT2D eigenvalue weighted by Crippen LogP contribution is -2.23. The Morgan fingerprint density at radius 2 is 1.84 bits per heavy atom. The van der Waals surface area contributed by atoms with Gasteiger partial charge in [0.25, 0.3) is 0 Å². The number of pyridine rings is 1. The van der Waals surface area contributed by atoms with E-state index < -0.39 is 0 Å². The number of nitrogens with one attached hydrogen (secondary N) is 1. The Hall–Kier alpha value is -3.52. The molecule has 192 valence electrons. The number of hydrogen-bond donors (Lipinski definition) is 1. The average molecular weight is 548 g/mol. The molecule has 1 fully saturated rings. The van der Waals surface area contributed by atoms with Crippen LogP contribution in [0.4, 0.5) is 15.8 Å². The fourth-order valence-corrected chi connectivity index (χ4v) is 4.97. The third-order valence-electron chi connectivity index (χ3n) is 6.62. The lowest BCUT2D eigenvalue weighted by atomic mass is 10.1. The van der Waals surface area contributed by atoms with Crippen LogP contribution in [0.3, 0.4) is 0 Å². The number of benzene rings is 3. The number of hydrogen-bond acceptors (Lipinski definition) is 5. The van der Waals surface area contributed by atoms with Crippen LogP contribution < -0.4 is 10.7 Å². The van der Waals surface area contributed by atoms with Crippen molar-refractivity contribution in [1.82, 2.24) is 14.5 Å². The summed E-state index contributed by atoms with van der Waals surface area (Å²) in [4.78, 5) is 14.4. The Kier molecular flexibility index (Phi) is 6.74. The maximum atomic E-state index is 14.5. The Bertz CT molecular complexity index is 1680. The van der Waals surface area contributed by atoms with Gasteiger partial charge in [0.1, 0.15) is 5.82 Å². The molecule has 3 aliphatic rings. The van der Waals surface area contributed by atoms with Gasteiger partial charge in [-0.05, 0) is 74.4 Å². The molecule has 9 heteroatoms. The molecule has 1 aromatic heterocycles. The van der Waals surface area contributed by atoms with E-state index >= 15 is 0 Å². The van der Waals surface area contributed by atoms with Gasteiger partial charge in [0.2, 0.25) is 0 Å². The molecule has 2 aromatic carbocycles. The molecule has 38 heavy (non-hydrogen) atoms. The molecule has 0 unspecified atom stereocenters. The average Bonchev–Trinajstić information content (AvgIpc) is 2.91. The van der Waals surface area contributed by atoms with E-state index in [1.54, 1.807) is 24.4 Å². The van der Waals surface area contributed by atoms with E-state index in [0.29, 0.717) is 40.0 Å². The summed E-state index contributed by atoms with van der Waals surface area (Å²) < 4.78 is 22.0. The molecule has 1 N–H and O–H groups in total. The molecule has 3 heterocycles. The van der Waals surface area contributed by atoms with E-state index in [1.165, 1.54) is 12.1 Å². The summed E-state index contributed by atoms with van der Waals surface area (Å²) in [7, 11) is 0. The normalized spacial score (nSPS) is 14.9. The van der Waals surface area contributed by atoms with Crippen molar-refractivity contribution in [3.8, 4) is 17.1 Å². The Labute approximate surface area is 229 Å². The van der Waals surface area contributed by atoms with Gasteiger partial charge in [-0.15, -0.1) is 0 Å². The molecule has 6 rings (SSSR count). The molecule has 0 amide bonds. The highest BCUT2D eigenvalue weighted by atomic mass is 35.5. The smallest absolute Gasteiger partial charge is 0.125 e. The predicted molar refractivity (Wildman–Crippen MR) is 149 cm³/mol. The second kappa shape index (κ2) is 10.3. The van der Waals surface area contributed by atoms with Gasteiger partial charge in [0.05, 0.1) is 61.4 Å². The topological polar surface area (TPSA) is 64.3 Å². The Balaban J connectivity index is 1.64. The van der Waals surface area contributed by atoms with E-state index in [-0.39, 0.29) is 11.9 Å². The van der Waals surface area contributed by atoms with Crippen molar-refractivity contribution >= 4 is 45.6 Å². The fourth-order valence-electron chi connectivity index (χ4n) is 4.68. The molecule has 3 aromatic rings. The Morgan fingerprint density at radius 1 is 1.00 bits per heavy atom. The van der Waals surface area contributed by atoms with Crippen molar-refractivity contribution in [3.05, 3.63) is 93.8 Å². The van der Waals surface area contributed by atoms with E-state index in [1.807, 2.05) is 41.8 Å². The standard InChI is InChI=1S/C29H24Cl2FN5O/c1-17-2-4-20(16-33-17)35-25-14-27-29(15-26(25)34-19-8-10-38-11-9-19)37(21-5-6-22(30)23(31)13-21)28-12-18(32)3-7-24(28)36-27/h2-7,12-16,19,35H,8-11H2,1H3/b34-26+. The van der Waals surface area contributed by atoms with Crippen LogP contribution in [-0.2, 0) is 4.74 Å². The highest BCUT2D eigenvalue weighted by Crippen LogP contribution is 2.33. The van der Waals surface area contributed by atoms with Crippen LogP contribution in [0.15, 0.2) is 71.9 Å². The summed E-state index contributed by atoms with van der Waals surface area (Å²) in [6.07, 6.45) is 3.49. The van der Waals surface area contributed by atoms with Crippen molar-refractivity contribution in [1.29, 1.82) is 0 Å². The molecule has 0 saturated carbocycles. The molecule has 0 spiro atoms. The maximum absolute atomic E-state index is 14.5. The lowest BCUT2D eigenvalue weighted by molar-refractivity contribution is 0.0864. The number of ether oxygens (including phenoxy) is 1. The number of aryl methyl sites for hydroxylation is 1. The zero-order valence-electron chi connectivity index (χ0n) is 20.6. The number of halogens is 3. The molecular weight excluding hydrogens is 524 g/mol. The van der Waals surface area contributed by atoms with Gasteiger partial charge in [-0.3, -0.25) is 9.98 Å². The SMILES string of the molecule is Cc1ccc(Nc2cc3nc4ccc(F)cc4n(-c4ccc(Cl)c(Cl)c4)c-3c/c2=N\C2CCOCC2)cn1. The van der Waals surface area contributed by atoms with Gasteiger partial charge in [-0.25, -0.2) is 9.37 Å². The van der Waals surface area contributed by atoms with Crippen LogP contribution >= 0.6 is 23.2 Å². The highest BCUT2D eigenvalue weighted by Gasteiger charge is 2.19. The fraction of sp³-hybridized carbons (Fsp3) is 0.207. The number of rotatable bonds is 4. The van der Waals surface area contributed by atoms with Crippen molar-refractivity contribution < 1.29 is 9.13 Å². The van der Waals surface area contributed by atoms with Crippen LogP contribution in [-0.4, -0.2) is 33.8 Å². The van der Waals surface area contributed by atoms with E-state index in [4.69, 9.17) is 37.9 Å². The van der Waals surface area contributed by atoms with Crippen LogP contribution in [0.1, 0.15) is 18.5 Å². The molecule has 1 aliphatic carbocycles. The zero-order valence-corrected chi connectivity index (χ0v) is 22.1. The van der Waals surface area contributed by atoms with Gasteiger partial charge in [0, 0.05) is 30.7 Å². The molecule has 1 saturated heterocycles. The summed E-state index contributed by atoms with van der Waals surface area (Å²) in [5.41, 5.74) is 6.05. The minimum absolute atomic E-state index is 0.127. The lowest BCUT2D eigenvalue weighted by Gasteiger charge is -2.22. The number of aromatic nitrogens is 3. The van der Waals surface area contributed by atoms with Crippen LogP contribution in [0.25, 0.3) is 28.1 Å². The molecule has 2 aliphatic heterocycles. The van der Waals surface area contributed by atoms with Crippen molar-refractivity contribution in [2.45, 2.75) is 25.8 Å². The second-order valence-corrected chi connectivity index (χ2v) is 10.1. The van der Waals surface area contributed by atoms with Crippen molar-refractivity contribution in [3.63, 3.8) is 0 Å². The van der Waals surface area contributed by atoms with Crippen LogP contribution in [0.2, 0.25) is 10.0 Å². The molecule has 6 nitrogen and oxygen atoms in total. The van der Waals surface area contributed by atoms with Gasteiger partial charge in [-0.2, -0.15) is 0 Å². The first-order valence-electron chi connectivity index (χ1n) is 12.4. The van der Waals surface area contributed by atoms with E-state index in [0.717, 1.165) is 46.6 Å². The van der Waals surface area contributed by atoms with Gasteiger partial charge >= 0.3 is 0 Å². The quantitative estimate of drug-likeness (QED) is 0.243. The van der Waals surface area contributed by atoms with Crippen molar-refractivity contribution in [2.24, 2.45) is 4.99 Å². The van der Waals surface area contributed by atoms with Crippen LogP contribution in [0.5, 0.6) is 0 Å². The first-order chi connectivity index (χ1) is 18.4. The largest absolute Gasteiger partial charge is 0.381 e. The maximum Gasteiger partial charge on any atom is 0.125 e. The minimum atomic E-state index is -0.357. The van der Waals surface area contributed by atoms with E-state index in [2.05, 4.69) is 10.3 Å². The summed E-state index contributed by atoms with van der Waals surface area (Å²) in [5.74, 6) is -0.357. The predicted octanol–water partition coefficient (Wildman–Crippen LogP) is 7.10. The van der Waals surface area contributed by atoms with Gasteiger partial charge in [-0.1, -0.05) is 23.2 Å². The highest BCUT2D eigenvalue weighted by molar-refractivity contribution is 6.42. The van der Waals surface area contributed by atoms with Crippen molar-refractivity contribution in [2.75, 3.05) is 18.5 Å². The first-order valence-corrected chi connectivity index (χ1v) is 13.1. The monoisotopic (exact) mass is 547 g/mol. The van der Waals surface area contributed by atoms with E-state index in [9.17, 15) is 4.39 Å². The summed E-state index contributed by atoms with van der Waals surface area (Å²) in [6, 6.07) is 18.0. The van der Waals surface area contributed by atoms with Gasteiger partial charge < -0.3 is 14.6 Å². The Morgan fingerprint density at radius 3 is 2.61 bits per heavy atom. The first kappa shape index (κ1) is 24.8. The molecule has 0 bridgehead atoms. The molecule has 0 atom stereocenters. The number of nitrogens with zero attached hydrogens (tertiary/aromatic N) is 4. The summed E-state index contributed by atoms with van der Waals surface area (Å²) in [5, 5.41) is 5.10. The third kappa shape index (κ3) is 4.97. The summed E-state index contributed by atoms with van der Waals surface area (Å²) >= 11 is 12.6. The number of fused-ring (bicyclic) bond motifs is 2. The van der Waals surface area contributed by atoms with Gasteiger partial charge in [0.15, 0.2) is 0 Å². The minimum Gasteiger partial charge on any atom is -0.381 e. The second-order valence-electron chi connectivity index (χ2n) is 9.32.